The highest BCUT2D eigenvalue weighted by Gasteiger charge is 2.13. The van der Waals surface area contributed by atoms with Crippen LogP contribution in [0.25, 0.3) is 0 Å². The van der Waals surface area contributed by atoms with Crippen LogP contribution in [-0.4, -0.2) is 10.9 Å². The molecule has 0 unspecified atom stereocenters. The third kappa shape index (κ3) is 4.63. The minimum Gasteiger partial charge on any atom is -0.399 e. The van der Waals surface area contributed by atoms with E-state index in [-0.39, 0.29) is 0 Å². The minimum atomic E-state index is 0.390. The van der Waals surface area contributed by atoms with E-state index in [2.05, 4.69) is 24.8 Å². The summed E-state index contributed by atoms with van der Waals surface area (Å²) in [5.41, 5.74) is 8.88. The molecule has 0 aliphatic heterocycles. The Bertz CT molecular complexity index is 611. The number of nitrogens with two attached hydrogens (primary N) is 1. The van der Waals surface area contributed by atoms with Gasteiger partial charge in [-0.15, -0.1) is 0 Å². The quantitative estimate of drug-likeness (QED) is 0.786. The van der Waals surface area contributed by atoms with Gasteiger partial charge in [0.05, 0.1) is 0 Å². The van der Waals surface area contributed by atoms with Gasteiger partial charge in [-0.2, -0.15) is 0 Å². The average molecular weight is 323 g/mol. The second-order valence-electron chi connectivity index (χ2n) is 5.48. The van der Waals surface area contributed by atoms with Crippen LogP contribution < -0.4 is 5.73 Å². The molecule has 2 aromatic rings. The van der Waals surface area contributed by atoms with Crippen LogP contribution in [0.1, 0.15) is 25.0 Å². The van der Waals surface area contributed by atoms with Gasteiger partial charge in [-0.3, -0.25) is 4.90 Å². The summed E-state index contributed by atoms with van der Waals surface area (Å²) in [6.07, 6.45) is 0. The van der Waals surface area contributed by atoms with E-state index < -0.39 is 0 Å². The van der Waals surface area contributed by atoms with Gasteiger partial charge in [0.2, 0.25) is 0 Å². The fraction of sp³-hybridized carbons (Fsp3) is 0.294. The second kappa shape index (κ2) is 7.17. The summed E-state index contributed by atoms with van der Waals surface area (Å²) in [6, 6.07) is 14.0. The predicted molar refractivity (Wildman–Crippen MR) is 91.7 cm³/mol. The van der Waals surface area contributed by atoms with Crippen molar-refractivity contribution in [1.29, 1.82) is 0 Å². The summed E-state index contributed by atoms with van der Waals surface area (Å²) in [5.74, 6) is 0. The molecular formula is C17H20Cl2N2. The number of anilines is 1. The standard InChI is InChI=1S/C17H20Cl2N2/c1-12(2)21(10-13-4-3-5-16(20)8-13)11-14-9-15(18)6-7-17(14)19/h3-9,12H,10-11,20H2,1-2H3. The molecule has 2 rings (SSSR count). The normalized spacial score (nSPS) is 11.3. The topological polar surface area (TPSA) is 29.3 Å². The smallest absolute Gasteiger partial charge is 0.0452 e. The Labute approximate surface area is 136 Å². The molecule has 4 heteroatoms. The van der Waals surface area contributed by atoms with Crippen molar-refractivity contribution >= 4 is 28.9 Å². The molecule has 0 heterocycles. The summed E-state index contributed by atoms with van der Waals surface area (Å²) < 4.78 is 0. The molecule has 0 radical (unpaired) electrons. The molecule has 0 fully saturated rings. The van der Waals surface area contributed by atoms with E-state index in [4.69, 9.17) is 28.9 Å². The molecule has 2 nitrogen and oxygen atoms in total. The molecule has 0 saturated carbocycles. The first-order valence-electron chi connectivity index (χ1n) is 6.98. The number of benzene rings is 2. The Balaban J connectivity index is 2.18. The summed E-state index contributed by atoms with van der Waals surface area (Å²) in [7, 11) is 0. The molecule has 0 amide bonds. The molecule has 21 heavy (non-hydrogen) atoms. The SMILES string of the molecule is CC(C)N(Cc1cccc(N)c1)Cc1cc(Cl)ccc1Cl. The van der Waals surface area contributed by atoms with E-state index in [0.29, 0.717) is 11.1 Å². The first-order valence-corrected chi connectivity index (χ1v) is 7.73. The molecule has 0 saturated heterocycles. The van der Waals surface area contributed by atoms with Crippen molar-refractivity contribution in [3.63, 3.8) is 0 Å². The lowest BCUT2D eigenvalue weighted by atomic mass is 10.1. The van der Waals surface area contributed by atoms with Gasteiger partial charge in [0.1, 0.15) is 0 Å². The molecule has 0 aliphatic carbocycles. The molecular weight excluding hydrogens is 303 g/mol. The lowest BCUT2D eigenvalue weighted by Crippen LogP contribution is -2.30. The van der Waals surface area contributed by atoms with Crippen LogP contribution in [0.15, 0.2) is 42.5 Å². The van der Waals surface area contributed by atoms with Crippen LogP contribution in [0.4, 0.5) is 5.69 Å². The van der Waals surface area contributed by atoms with Crippen LogP contribution >= 0.6 is 23.2 Å². The van der Waals surface area contributed by atoms with Crippen LogP contribution in [0, 0.1) is 0 Å². The molecule has 0 atom stereocenters. The highest BCUT2D eigenvalue weighted by Crippen LogP contribution is 2.24. The molecule has 2 aromatic carbocycles. The maximum absolute atomic E-state index is 6.27. The molecule has 0 bridgehead atoms. The number of nitrogens with zero attached hydrogens (tertiary/aromatic N) is 1. The zero-order valence-electron chi connectivity index (χ0n) is 12.3. The van der Waals surface area contributed by atoms with Crippen molar-refractivity contribution < 1.29 is 0 Å². The van der Waals surface area contributed by atoms with Gasteiger partial charge in [-0.1, -0.05) is 35.3 Å². The first kappa shape index (κ1) is 16.2. The Hall–Kier alpha value is -1.22. The van der Waals surface area contributed by atoms with E-state index in [9.17, 15) is 0 Å². The lowest BCUT2D eigenvalue weighted by Gasteiger charge is -2.27. The van der Waals surface area contributed by atoms with Crippen LogP contribution in [-0.2, 0) is 13.1 Å². The van der Waals surface area contributed by atoms with E-state index in [1.54, 1.807) is 0 Å². The highest BCUT2D eigenvalue weighted by molar-refractivity contribution is 6.33. The van der Waals surface area contributed by atoms with Crippen molar-refractivity contribution in [3.8, 4) is 0 Å². The summed E-state index contributed by atoms with van der Waals surface area (Å²) in [5, 5.41) is 1.46. The van der Waals surface area contributed by atoms with Gasteiger partial charge in [0, 0.05) is 34.9 Å². The largest absolute Gasteiger partial charge is 0.399 e. The van der Waals surface area contributed by atoms with Crippen molar-refractivity contribution in [1.82, 2.24) is 4.90 Å². The van der Waals surface area contributed by atoms with E-state index >= 15 is 0 Å². The van der Waals surface area contributed by atoms with Crippen LogP contribution in [0.5, 0.6) is 0 Å². The van der Waals surface area contributed by atoms with Gasteiger partial charge in [-0.05, 0) is 55.3 Å². The first-order chi connectivity index (χ1) is 9.95. The molecule has 0 spiro atoms. The predicted octanol–water partition coefficient (Wildman–Crippen LogP) is 4.99. The maximum Gasteiger partial charge on any atom is 0.0452 e. The third-order valence-electron chi connectivity index (χ3n) is 3.45. The number of hydrogen-bond donors (Lipinski definition) is 1. The van der Waals surface area contributed by atoms with Gasteiger partial charge in [0.15, 0.2) is 0 Å². The van der Waals surface area contributed by atoms with Crippen molar-refractivity contribution in [2.75, 3.05) is 5.73 Å². The van der Waals surface area contributed by atoms with E-state index in [1.165, 1.54) is 5.56 Å². The molecule has 2 N–H and O–H groups in total. The van der Waals surface area contributed by atoms with Gasteiger partial charge in [0.25, 0.3) is 0 Å². The Morgan fingerprint density at radius 2 is 1.81 bits per heavy atom. The van der Waals surface area contributed by atoms with Crippen LogP contribution in [0.2, 0.25) is 10.0 Å². The van der Waals surface area contributed by atoms with Crippen molar-refractivity contribution in [3.05, 3.63) is 63.6 Å². The van der Waals surface area contributed by atoms with E-state index in [0.717, 1.165) is 29.4 Å². The number of halogens is 2. The number of hydrogen-bond acceptors (Lipinski definition) is 2. The lowest BCUT2D eigenvalue weighted by molar-refractivity contribution is 0.204. The number of nitrogen functional groups attached to an aromatic ring is 1. The van der Waals surface area contributed by atoms with Crippen LogP contribution in [0.3, 0.4) is 0 Å². The second-order valence-corrected chi connectivity index (χ2v) is 6.32. The Morgan fingerprint density at radius 1 is 1.05 bits per heavy atom. The molecule has 0 aliphatic rings. The summed E-state index contributed by atoms with van der Waals surface area (Å²) in [6.45, 7) is 5.92. The minimum absolute atomic E-state index is 0.390. The summed E-state index contributed by atoms with van der Waals surface area (Å²) in [4.78, 5) is 2.34. The van der Waals surface area contributed by atoms with Crippen molar-refractivity contribution in [2.24, 2.45) is 0 Å². The number of rotatable bonds is 5. The Morgan fingerprint density at radius 3 is 2.48 bits per heavy atom. The molecule has 0 aromatic heterocycles. The summed E-state index contributed by atoms with van der Waals surface area (Å²) >= 11 is 12.3. The third-order valence-corrected chi connectivity index (χ3v) is 4.05. The zero-order chi connectivity index (χ0) is 15.4. The fourth-order valence-electron chi connectivity index (χ4n) is 2.23. The maximum atomic E-state index is 6.27. The van der Waals surface area contributed by atoms with Crippen molar-refractivity contribution in [2.45, 2.75) is 33.0 Å². The van der Waals surface area contributed by atoms with Gasteiger partial charge in [-0.25, -0.2) is 0 Å². The highest BCUT2D eigenvalue weighted by atomic mass is 35.5. The van der Waals surface area contributed by atoms with Gasteiger partial charge >= 0.3 is 0 Å². The van der Waals surface area contributed by atoms with E-state index in [1.807, 2.05) is 36.4 Å². The monoisotopic (exact) mass is 322 g/mol. The average Bonchev–Trinajstić information content (AvgIpc) is 2.42. The van der Waals surface area contributed by atoms with Gasteiger partial charge < -0.3 is 5.73 Å². The fourth-order valence-corrected chi connectivity index (χ4v) is 2.60. The zero-order valence-corrected chi connectivity index (χ0v) is 13.8. The Kier molecular flexibility index (Phi) is 5.51. The molecule has 112 valence electrons.